The van der Waals surface area contributed by atoms with Gasteiger partial charge in [-0.1, -0.05) is 4.47 Å². The zero-order chi connectivity index (χ0) is 12.6. The second kappa shape index (κ2) is 4.25. The molecule has 0 spiro atoms. The number of hydroxylamine groups is 1. The van der Waals surface area contributed by atoms with E-state index in [0.29, 0.717) is 25.1 Å². The van der Waals surface area contributed by atoms with Gasteiger partial charge in [0.2, 0.25) is 0 Å². The quantitative estimate of drug-likeness (QED) is 0.806. The minimum absolute atomic E-state index is 0.0155. The van der Waals surface area contributed by atoms with E-state index in [4.69, 9.17) is 10.6 Å². The van der Waals surface area contributed by atoms with Gasteiger partial charge < -0.3 is 5.73 Å². The third-order valence-electron chi connectivity index (χ3n) is 2.56. The van der Waals surface area contributed by atoms with E-state index in [0.717, 1.165) is 16.6 Å². The molecule has 1 saturated heterocycles. The Kier molecular flexibility index (Phi) is 3.07. The first-order valence-electron chi connectivity index (χ1n) is 5.14. The average Bonchev–Trinajstić information content (AvgIpc) is 2.77. The Labute approximate surface area is 99.0 Å². The molecule has 2 N–H and O–H groups in total. The van der Waals surface area contributed by atoms with Crippen LogP contribution in [0, 0.1) is 12.7 Å². The first-order chi connectivity index (χ1) is 7.93. The number of nitrogen functional groups attached to an aromatic ring is 1. The normalized spacial score (nSPS) is 17.5. The van der Waals surface area contributed by atoms with Gasteiger partial charge in [0.1, 0.15) is 5.82 Å². The average molecular weight is 260 g/mol. The lowest BCUT2D eigenvalue weighted by Gasteiger charge is -2.16. The maximum atomic E-state index is 13.2. The van der Waals surface area contributed by atoms with Gasteiger partial charge in [0.05, 0.1) is 17.2 Å². The molecule has 1 aromatic rings. The molecule has 1 aliphatic rings. The summed E-state index contributed by atoms with van der Waals surface area (Å²) in [5, 5.41) is 0. The van der Waals surface area contributed by atoms with Crippen molar-refractivity contribution in [2.45, 2.75) is 18.2 Å². The highest BCUT2D eigenvalue weighted by atomic mass is 32.2. The van der Waals surface area contributed by atoms with E-state index in [2.05, 4.69) is 0 Å². The second-order valence-corrected chi connectivity index (χ2v) is 5.65. The Bertz CT molecular complexity index is 539. The second-order valence-electron chi connectivity index (χ2n) is 3.86. The fourth-order valence-electron chi connectivity index (χ4n) is 1.67. The first-order valence-corrected chi connectivity index (χ1v) is 6.58. The van der Waals surface area contributed by atoms with Gasteiger partial charge in [0.15, 0.2) is 0 Å². The number of sulfonamides is 1. The molecule has 1 heterocycles. The molecule has 1 aromatic carbocycles. The molecule has 0 saturated carbocycles. The van der Waals surface area contributed by atoms with Crippen LogP contribution < -0.4 is 5.73 Å². The molecule has 0 amide bonds. The molecule has 2 rings (SSSR count). The van der Waals surface area contributed by atoms with Crippen molar-refractivity contribution in [1.29, 1.82) is 0 Å². The van der Waals surface area contributed by atoms with Crippen molar-refractivity contribution in [2.24, 2.45) is 0 Å². The van der Waals surface area contributed by atoms with E-state index in [1.54, 1.807) is 0 Å². The van der Waals surface area contributed by atoms with Gasteiger partial charge in [-0.05, 0) is 31.0 Å². The Morgan fingerprint density at radius 3 is 2.76 bits per heavy atom. The summed E-state index contributed by atoms with van der Waals surface area (Å²) in [6.45, 7) is 2.19. The van der Waals surface area contributed by atoms with Crippen LogP contribution in [0.3, 0.4) is 0 Å². The van der Waals surface area contributed by atoms with Crippen molar-refractivity contribution in [3.8, 4) is 0 Å². The molecule has 0 atom stereocenters. The van der Waals surface area contributed by atoms with Gasteiger partial charge in [-0.2, -0.15) is 0 Å². The fourth-order valence-corrected chi connectivity index (χ4v) is 3.21. The molecule has 0 aliphatic carbocycles. The largest absolute Gasteiger partial charge is 0.396 e. The van der Waals surface area contributed by atoms with E-state index in [9.17, 15) is 12.8 Å². The summed E-state index contributed by atoms with van der Waals surface area (Å²) in [6.07, 6.45) is 0.648. The third-order valence-corrected chi connectivity index (χ3v) is 4.38. The van der Waals surface area contributed by atoms with Gasteiger partial charge in [0.25, 0.3) is 10.0 Å². The SMILES string of the molecule is Cc1cc(F)c(N)cc1S(=O)(=O)N1CCCO1. The molecule has 7 heteroatoms. The van der Waals surface area contributed by atoms with Crippen LogP contribution in [0.1, 0.15) is 12.0 Å². The lowest BCUT2D eigenvalue weighted by molar-refractivity contribution is -0.0284. The number of halogens is 1. The van der Waals surface area contributed by atoms with Crippen LogP contribution in [0.4, 0.5) is 10.1 Å². The number of anilines is 1. The maximum absolute atomic E-state index is 13.2. The van der Waals surface area contributed by atoms with Crippen molar-refractivity contribution < 1.29 is 17.6 Å². The zero-order valence-electron chi connectivity index (χ0n) is 9.31. The van der Waals surface area contributed by atoms with E-state index < -0.39 is 15.8 Å². The molecule has 1 aliphatic heterocycles. The fraction of sp³-hybridized carbons (Fsp3) is 0.400. The predicted molar refractivity (Wildman–Crippen MR) is 60.0 cm³/mol. The van der Waals surface area contributed by atoms with E-state index >= 15 is 0 Å². The highest BCUT2D eigenvalue weighted by molar-refractivity contribution is 7.89. The number of aryl methyl sites for hydroxylation is 1. The number of nitrogens with zero attached hydrogens (tertiary/aromatic N) is 1. The highest BCUT2D eigenvalue weighted by Gasteiger charge is 2.30. The van der Waals surface area contributed by atoms with Crippen molar-refractivity contribution >= 4 is 15.7 Å². The molecule has 0 aromatic heterocycles. The maximum Gasteiger partial charge on any atom is 0.265 e. The monoisotopic (exact) mass is 260 g/mol. The van der Waals surface area contributed by atoms with Crippen LogP contribution in [-0.4, -0.2) is 26.0 Å². The summed E-state index contributed by atoms with van der Waals surface area (Å²) in [7, 11) is -3.74. The molecule has 0 bridgehead atoms. The van der Waals surface area contributed by atoms with Crippen LogP contribution >= 0.6 is 0 Å². The minimum atomic E-state index is -3.74. The van der Waals surface area contributed by atoms with Gasteiger partial charge in [0, 0.05) is 6.54 Å². The molecule has 0 radical (unpaired) electrons. The van der Waals surface area contributed by atoms with Crippen LogP contribution in [0.5, 0.6) is 0 Å². The minimum Gasteiger partial charge on any atom is -0.396 e. The Morgan fingerprint density at radius 2 is 2.18 bits per heavy atom. The van der Waals surface area contributed by atoms with E-state index in [1.165, 1.54) is 6.92 Å². The molecular formula is C10H13FN2O3S. The summed E-state index contributed by atoms with van der Waals surface area (Å²) < 4.78 is 38.4. The molecule has 5 nitrogen and oxygen atoms in total. The number of hydrogen-bond acceptors (Lipinski definition) is 4. The van der Waals surface area contributed by atoms with Crippen LogP contribution in [-0.2, 0) is 14.9 Å². The Balaban J connectivity index is 2.49. The predicted octanol–water partition coefficient (Wildman–Crippen LogP) is 1.04. The van der Waals surface area contributed by atoms with Crippen molar-refractivity contribution in [2.75, 3.05) is 18.9 Å². The lowest BCUT2D eigenvalue weighted by Crippen LogP contribution is -2.27. The number of hydrogen-bond donors (Lipinski definition) is 1. The van der Waals surface area contributed by atoms with Crippen molar-refractivity contribution in [1.82, 2.24) is 4.47 Å². The van der Waals surface area contributed by atoms with Crippen LogP contribution in [0.15, 0.2) is 17.0 Å². The number of nitrogens with two attached hydrogens (primary N) is 1. The number of rotatable bonds is 2. The summed E-state index contributed by atoms with van der Waals surface area (Å²) in [4.78, 5) is 4.99. The van der Waals surface area contributed by atoms with Crippen molar-refractivity contribution in [3.05, 3.63) is 23.5 Å². The molecule has 1 fully saturated rings. The van der Waals surface area contributed by atoms with Crippen LogP contribution in [0.25, 0.3) is 0 Å². The highest BCUT2D eigenvalue weighted by Crippen LogP contribution is 2.26. The van der Waals surface area contributed by atoms with Crippen LogP contribution in [0.2, 0.25) is 0 Å². The summed E-state index contributed by atoms with van der Waals surface area (Å²) >= 11 is 0. The van der Waals surface area contributed by atoms with Gasteiger partial charge in [-0.3, -0.25) is 4.84 Å². The summed E-state index contributed by atoms with van der Waals surface area (Å²) in [6, 6.07) is 2.24. The topological polar surface area (TPSA) is 72.6 Å². The van der Waals surface area contributed by atoms with Gasteiger partial charge in [-0.25, -0.2) is 12.8 Å². The smallest absolute Gasteiger partial charge is 0.265 e. The molecular weight excluding hydrogens is 247 g/mol. The lowest BCUT2D eigenvalue weighted by atomic mass is 10.2. The zero-order valence-corrected chi connectivity index (χ0v) is 10.1. The number of benzene rings is 1. The standard InChI is InChI=1S/C10H13FN2O3S/c1-7-5-8(11)9(12)6-10(7)17(14,15)13-3-2-4-16-13/h5-6H,2-4,12H2,1H3. The summed E-state index contributed by atoms with van der Waals surface area (Å²) in [5.74, 6) is -0.621. The Morgan fingerprint density at radius 1 is 1.47 bits per heavy atom. The third kappa shape index (κ3) is 2.13. The molecule has 17 heavy (non-hydrogen) atoms. The molecule has 0 unspecified atom stereocenters. The first kappa shape index (κ1) is 12.3. The molecule has 94 valence electrons. The summed E-state index contributed by atoms with van der Waals surface area (Å²) in [5.41, 5.74) is 5.51. The van der Waals surface area contributed by atoms with Crippen molar-refractivity contribution in [3.63, 3.8) is 0 Å². The van der Waals surface area contributed by atoms with E-state index in [-0.39, 0.29) is 10.6 Å². The van der Waals surface area contributed by atoms with E-state index in [1.807, 2.05) is 0 Å². The van der Waals surface area contributed by atoms with Gasteiger partial charge in [-0.15, -0.1) is 0 Å². The van der Waals surface area contributed by atoms with Gasteiger partial charge >= 0.3 is 0 Å². The Hall–Kier alpha value is -1.18.